The number of anilines is 1. The zero-order valence-electron chi connectivity index (χ0n) is 14.6. The number of nitrogens with zero attached hydrogens (tertiary/aromatic N) is 2. The van der Waals surface area contributed by atoms with Crippen LogP contribution in [0.3, 0.4) is 0 Å². The summed E-state index contributed by atoms with van der Waals surface area (Å²) in [6.45, 7) is 0. The lowest BCUT2D eigenvalue weighted by molar-refractivity contribution is -0.116. The van der Waals surface area contributed by atoms with Crippen molar-refractivity contribution in [1.29, 1.82) is 0 Å². The van der Waals surface area contributed by atoms with Crippen LogP contribution in [-0.4, -0.2) is 29.7 Å². The second-order valence-electron chi connectivity index (χ2n) is 6.12. The van der Waals surface area contributed by atoms with E-state index in [1.165, 1.54) is 0 Å². The molecule has 0 aliphatic carbocycles. The van der Waals surface area contributed by atoms with Crippen LogP contribution in [0.5, 0.6) is 11.5 Å². The Morgan fingerprint density at radius 1 is 1.00 bits per heavy atom. The van der Waals surface area contributed by atoms with E-state index in [0.29, 0.717) is 12.2 Å². The van der Waals surface area contributed by atoms with Gasteiger partial charge >= 0.3 is 0 Å². The first-order valence-electron chi connectivity index (χ1n) is 8.35. The second kappa shape index (κ2) is 6.55. The first kappa shape index (κ1) is 16.2. The Labute approximate surface area is 151 Å². The average Bonchev–Trinajstić information content (AvgIpc) is 3.11. The molecule has 6 heteroatoms. The van der Waals surface area contributed by atoms with Gasteiger partial charge in [-0.3, -0.25) is 9.36 Å². The fourth-order valence-electron chi connectivity index (χ4n) is 3.26. The normalized spacial score (nSPS) is 15.9. The molecule has 4 rings (SSSR count). The van der Waals surface area contributed by atoms with Gasteiger partial charge in [0, 0.05) is 18.0 Å². The zero-order chi connectivity index (χ0) is 18.1. The fourth-order valence-corrected chi connectivity index (χ4v) is 3.26. The molecule has 0 radical (unpaired) electrons. The molecule has 0 unspecified atom stereocenters. The quantitative estimate of drug-likeness (QED) is 0.784. The molecule has 2 aromatic carbocycles. The fraction of sp³-hybridized carbons (Fsp3) is 0.200. The molecule has 1 amide bonds. The van der Waals surface area contributed by atoms with Crippen LogP contribution in [0.4, 0.5) is 5.82 Å². The number of fused-ring (bicyclic) bond motifs is 1. The number of hydrogen-bond acceptors (Lipinski definition) is 4. The van der Waals surface area contributed by atoms with Gasteiger partial charge in [0.05, 0.1) is 19.9 Å². The number of amides is 1. The molecule has 0 saturated carbocycles. The van der Waals surface area contributed by atoms with Crippen LogP contribution in [0.2, 0.25) is 0 Å². The number of benzene rings is 2. The van der Waals surface area contributed by atoms with Crippen LogP contribution in [-0.2, 0) is 4.79 Å². The summed E-state index contributed by atoms with van der Waals surface area (Å²) in [7, 11) is 3.27. The van der Waals surface area contributed by atoms with E-state index in [1.807, 2.05) is 53.1 Å². The zero-order valence-corrected chi connectivity index (χ0v) is 14.6. The molecule has 1 atom stereocenters. The molecular formula is C20H19N3O3. The van der Waals surface area contributed by atoms with Crippen molar-refractivity contribution in [2.45, 2.75) is 12.3 Å². The Morgan fingerprint density at radius 2 is 1.62 bits per heavy atom. The lowest BCUT2D eigenvalue weighted by Gasteiger charge is -2.23. The third-order valence-corrected chi connectivity index (χ3v) is 4.64. The van der Waals surface area contributed by atoms with Crippen LogP contribution < -0.4 is 14.8 Å². The highest BCUT2D eigenvalue weighted by atomic mass is 16.5. The highest BCUT2D eigenvalue weighted by Gasteiger charge is 2.30. The van der Waals surface area contributed by atoms with Gasteiger partial charge in [0.25, 0.3) is 0 Å². The first-order chi connectivity index (χ1) is 12.7. The molecule has 26 heavy (non-hydrogen) atoms. The predicted octanol–water partition coefficient (Wildman–Crippen LogP) is 3.36. The van der Waals surface area contributed by atoms with Crippen molar-refractivity contribution in [2.75, 3.05) is 19.5 Å². The van der Waals surface area contributed by atoms with Crippen molar-refractivity contribution in [3.05, 3.63) is 66.1 Å². The van der Waals surface area contributed by atoms with Crippen LogP contribution in [0, 0.1) is 0 Å². The summed E-state index contributed by atoms with van der Waals surface area (Å²) < 4.78 is 12.3. The van der Waals surface area contributed by atoms with Gasteiger partial charge in [-0.15, -0.1) is 0 Å². The molecule has 0 bridgehead atoms. The van der Waals surface area contributed by atoms with Crippen molar-refractivity contribution in [1.82, 2.24) is 9.55 Å². The third-order valence-electron chi connectivity index (χ3n) is 4.64. The summed E-state index contributed by atoms with van der Waals surface area (Å²) in [6.07, 6.45) is 2.12. The van der Waals surface area contributed by atoms with Crippen molar-refractivity contribution < 1.29 is 14.3 Å². The highest BCUT2D eigenvalue weighted by Crippen LogP contribution is 2.37. The summed E-state index contributed by atoms with van der Waals surface area (Å²) in [5.74, 6) is 2.19. The lowest BCUT2D eigenvalue weighted by Crippen LogP contribution is -2.24. The monoisotopic (exact) mass is 349 g/mol. The number of aromatic nitrogens is 2. The van der Waals surface area contributed by atoms with Gasteiger partial charge in [0.1, 0.15) is 23.6 Å². The van der Waals surface area contributed by atoms with E-state index >= 15 is 0 Å². The highest BCUT2D eigenvalue weighted by molar-refractivity contribution is 5.94. The number of methoxy groups -OCH3 is 2. The summed E-state index contributed by atoms with van der Waals surface area (Å²) in [4.78, 5) is 16.9. The van der Waals surface area contributed by atoms with E-state index in [1.54, 1.807) is 20.5 Å². The Hall–Kier alpha value is -3.28. The van der Waals surface area contributed by atoms with E-state index in [2.05, 4.69) is 10.3 Å². The minimum absolute atomic E-state index is 0.0198. The van der Waals surface area contributed by atoms with Gasteiger partial charge < -0.3 is 14.8 Å². The molecule has 0 fully saturated rings. The number of ether oxygens (including phenoxy) is 2. The molecule has 6 nitrogen and oxygen atoms in total. The second-order valence-corrected chi connectivity index (χ2v) is 6.12. The maximum absolute atomic E-state index is 12.3. The van der Waals surface area contributed by atoms with Gasteiger partial charge in [0.2, 0.25) is 5.91 Å². The Bertz CT molecular complexity index is 930. The third kappa shape index (κ3) is 2.79. The van der Waals surface area contributed by atoms with E-state index in [-0.39, 0.29) is 11.8 Å². The number of hydrogen-bond donors (Lipinski definition) is 1. The van der Waals surface area contributed by atoms with Gasteiger partial charge in [-0.1, -0.05) is 12.1 Å². The van der Waals surface area contributed by atoms with Crippen LogP contribution in [0.1, 0.15) is 23.6 Å². The Morgan fingerprint density at radius 3 is 2.23 bits per heavy atom. The van der Waals surface area contributed by atoms with Crippen LogP contribution in [0.25, 0.3) is 5.69 Å². The topological polar surface area (TPSA) is 65.4 Å². The number of rotatable bonds is 4. The standard InChI is InChI=1S/C20H19N3O3/c1-25-15-7-3-13(4-8-15)17-11-18(24)22-20-19(17)21-12-23(20)14-5-9-16(26-2)10-6-14/h3-10,12,17H,11H2,1-2H3,(H,22,24)/t17-/m1/s1. The molecular weight excluding hydrogens is 330 g/mol. The number of carbonyl (C=O) groups excluding carboxylic acids is 1. The first-order valence-corrected chi connectivity index (χ1v) is 8.35. The average molecular weight is 349 g/mol. The predicted molar refractivity (Wildman–Crippen MR) is 98.2 cm³/mol. The van der Waals surface area contributed by atoms with E-state index in [0.717, 1.165) is 28.4 Å². The van der Waals surface area contributed by atoms with Gasteiger partial charge in [-0.05, 0) is 42.0 Å². The molecule has 1 aromatic heterocycles. The summed E-state index contributed by atoms with van der Waals surface area (Å²) in [5.41, 5.74) is 2.82. The Kier molecular flexibility index (Phi) is 4.08. The summed E-state index contributed by atoms with van der Waals surface area (Å²) in [5, 5.41) is 2.96. The van der Waals surface area contributed by atoms with Gasteiger partial charge in [0.15, 0.2) is 0 Å². The molecule has 3 aromatic rings. The minimum Gasteiger partial charge on any atom is -0.497 e. The van der Waals surface area contributed by atoms with Gasteiger partial charge in [-0.2, -0.15) is 0 Å². The molecule has 2 heterocycles. The van der Waals surface area contributed by atoms with Crippen molar-refractivity contribution >= 4 is 11.7 Å². The minimum atomic E-state index is -0.0795. The smallest absolute Gasteiger partial charge is 0.226 e. The molecule has 0 saturated heterocycles. The van der Waals surface area contributed by atoms with E-state index in [9.17, 15) is 4.79 Å². The SMILES string of the molecule is COc1ccc([C@H]2CC(=O)Nc3c2ncn3-c2ccc(OC)cc2)cc1. The van der Waals surface area contributed by atoms with Gasteiger partial charge in [-0.25, -0.2) is 4.98 Å². The largest absolute Gasteiger partial charge is 0.497 e. The van der Waals surface area contributed by atoms with E-state index in [4.69, 9.17) is 9.47 Å². The maximum Gasteiger partial charge on any atom is 0.226 e. The van der Waals surface area contributed by atoms with E-state index < -0.39 is 0 Å². The molecule has 1 N–H and O–H groups in total. The number of carbonyl (C=O) groups is 1. The van der Waals surface area contributed by atoms with Crippen LogP contribution in [0.15, 0.2) is 54.9 Å². The Balaban J connectivity index is 1.74. The molecule has 1 aliphatic rings. The van der Waals surface area contributed by atoms with Crippen molar-refractivity contribution in [3.8, 4) is 17.2 Å². The summed E-state index contributed by atoms with van der Waals surface area (Å²) in [6, 6.07) is 15.4. The van der Waals surface area contributed by atoms with Crippen LogP contribution >= 0.6 is 0 Å². The number of imidazole rings is 1. The maximum atomic E-state index is 12.3. The summed E-state index contributed by atoms with van der Waals surface area (Å²) >= 11 is 0. The molecule has 1 aliphatic heterocycles. The lowest BCUT2D eigenvalue weighted by atomic mass is 9.90. The molecule has 132 valence electrons. The van der Waals surface area contributed by atoms with Crippen molar-refractivity contribution in [2.24, 2.45) is 0 Å². The number of nitrogens with one attached hydrogen (secondary N) is 1. The molecule has 0 spiro atoms. The van der Waals surface area contributed by atoms with Crippen molar-refractivity contribution in [3.63, 3.8) is 0 Å².